The molecule has 1 N–H and O–H groups in total. The van der Waals surface area contributed by atoms with Gasteiger partial charge in [0.2, 0.25) is 5.91 Å². The monoisotopic (exact) mass is 303 g/mol. The summed E-state index contributed by atoms with van der Waals surface area (Å²) in [5.74, 6) is 2.05. The molecule has 0 bridgehead atoms. The molecule has 0 heterocycles. The molecule has 98 valence electrons. The van der Waals surface area contributed by atoms with Crippen LogP contribution in [0.5, 0.6) is 0 Å². The third kappa shape index (κ3) is 3.44. The summed E-state index contributed by atoms with van der Waals surface area (Å²) < 4.78 is 5.04. The molecule has 4 heteroatoms. The molecule has 3 atom stereocenters. The van der Waals surface area contributed by atoms with Gasteiger partial charge in [0, 0.05) is 24.4 Å². The Balaban J connectivity index is 1.62. The summed E-state index contributed by atoms with van der Waals surface area (Å²) in [5.41, 5.74) is 0. The Hall–Kier alpha value is -0.0900. The lowest BCUT2D eigenvalue weighted by Crippen LogP contribution is -2.29. The minimum absolute atomic E-state index is 0.291. The molecular formula is C13H22BrNO2. The average Bonchev–Trinajstić information content (AvgIpc) is 3.03. The first-order valence-electron chi connectivity index (χ1n) is 6.64. The van der Waals surface area contributed by atoms with E-state index in [1.807, 2.05) is 0 Å². The molecule has 0 aromatic carbocycles. The Morgan fingerprint density at radius 3 is 2.65 bits per heavy atom. The molecule has 0 spiro atoms. The van der Waals surface area contributed by atoms with E-state index in [9.17, 15) is 4.79 Å². The van der Waals surface area contributed by atoms with Gasteiger partial charge in [-0.2, -0.15) is 0 Å². The molecule has 2 aliphatic rings. The molecule has 0 radical (unpaired) electrons. The van der Waals surface area contributed by atoms with E-state index >= 15 is 0 Å². The van der Waals surface area contributed by atoms with Crippen LogP contribution in [-0.2, 0) is 9.53 Å². The Morgan fingerprint density at radius 2 is 2.06 bits per heavy atom. The minimum atomic E-state index is 0.291. The first-order chi connectivity index (χ1) is 8.24. The van der Waals surface area contributed by atoms with E-state index in [1.54, 1.807) is 7.11 Å². The highest BCUT2D eigenvalue weighted by molar-refractivity contribution is 9.09. The summed E-state index contributed by atoms with van der Waals surface area (Å²) in [4.78, 5) is 12.3. The Bertz CT molecular complexity index is 260. The van der Waals surface area contributed by atoms with Gasteiger partial charge in [0.25, 0.3) is 0 Å². The molecule has 1 amide bonds. The number of methoxy groups -OCH3 is 1. The van der Waals surface area contributed by atoms with E-state index in [0.29, 0.717) is 35.1 Å². The molecule has 3 unspecified atom stereocenters. The van der Waals surface area contributed by atoms with Crippen molar-refractivity contribution < 1.29 is 9.53 Å². The molecule has 3 nitrogen and oxygen atoms in total. The van der Waals surface area contributed by atoms with Crippen molar-refractivity contribution in [2.45, 2.75) is 36.9 Å². The number of rotatable bonds is 6. The zero-order valence-electron chi connectivity index (χ0n) is 10.5. The number of alkyl halides is 1. The van der Waals surface area contributed by atoms with Crippen molar-refractivity contribution >= 4 is 21.8 Å². The Labute approximate surface area is 112 Å². The SMILES string of the molecule is COCC(Br)CCNC(=O)C1C2CCCCC21. The molecule has 2 saturated carbocycles. The van der Waals surface area contributed by atoms with Crippen molar-refractivity contribution in [2.24, 2.45) is 17.8 Å². The summed E-state index contributed by atoms with van der Waals surface area (Å²) in [5, 5.41) is 3.07. The van der Waals surface area contributed by atoms with Gasteiger partial charge < -0.3 is 10.1 Å². The zero-order valence-corrected chi connectivity index (χ0v) is 12.0. The van der Waals surface area contributed by atoms with Gasteiger partial charge in [-0.05, 0) is 31.1 Å². The van der Waals surface area contributed by atoms with Gasteiger partial charge in [0.1, 0.15) is 0 Å². The van der Waals surface area contributed by atoms with Crippen molar-refractivity contribution in [1.82, 2.24) is 5.32 Å². The lowest BCUT2D eigenvalue weighted by Gasteiger charge is -2.09. The lowest BCUT2D eigenvalue weighted by molar-refractivity contribution is -0.122. The zero-order chi connectivity index (χ0) is 12.3. The molecular weight excluding hydrogens is 282 g/mol. The van der Waals surface area contributed by atoms with Crippen LogP contribution in [0.1, 0.15) is 32.1 Å². The van der Waals surface area contributed by atoms with Crippen molar-refractivity contribution in [3.63, 3.8) is 0 Å². The maximum Gasteiger partial charge on any atom is 0.223 e. The summed E-state index contributed by atoms with van der Waals surface area (Å²) >= 11 is 3.53. The molecule has 0 saturated heterocycles. The highest BCUT2D eigenvalue weighted by Gasteiger charge is 2.54. The van der Waals surface area contributed by atoms with E-state index in [-0.39, 0.29) is 0 Å². The molecule has 0 aromatic heterocycles. The average molecular weight is 304 g/mol. The standard InChI is InChI=1S/C13H22BrNO2/c1-17-8-9(14)6-7-15-13(16)12-10-4-2-3-5-11(10)12/h9-12H,2-8H2,1H3,(H,15,16). The van der Waals surface area contributed by atoms with Crippen molar-refractivity contribution in [2.75, 3.05) is 20.3 Å². The first kappa shape index (κ1) is 13.3. The van der Waals surface area contributed by atoms with Crippen LogP contribution in [0.4, 0.5) is 0 Å². The van der Waals surface area contributed by atoms with Gasteiger partial charge in [0.15, 0.2) is 0 Å². The van der Waals surface area contributed by atoms with E-state index in [0.717, 1.165) is 13.0 Å². The number of ether oxygens (including phenoxy) is 1. The maximum atomic E-state index is 12.0. The smallest absolute Gasteiger partial charge is 0.223 e. The molecule has 0 aromatic rings. The van der Waals surface area contributed by atoms with Crippen LogP contribution in [0, 0.1) is 17.8 Å². The van der Waals surface area contributed by atoms with Gasteiger partial charge >= 0.3 is 0 Å². The van der Waals surface area contributed by atoms with E-state index in [2.05, 4.69) is 21.2 Å². The van der Waals surface area contributed by atoms with E-state index in [1.165, 1.54) is 25.7 Å². The fourth-order valence-electron chi connectivity index (χ4n) is 3.12. The minimum Gasteiger partial charge on any atom is -0.384 e. The second kappa shape index (κ2) is 6.19. The number of carbonyl (C=O) groups is 1. The van der Waals surface area contributed by atoms with Crippen LogP contribution in [0.15, 0.2) is 0 Å². The highest BCUT2D eigenvalue weighted by atomic mass is 79.9. The van der Waals surface area contributed by atoms with Crippen LogP contribution in [0.25, 0.3) is 0 Å². The first-order valence-corrected chi connectivity index (χ1v) is 7.56. The molecule has 2 fully saturated rings. The number of hydrogen-bond donors (Lipinski definition) is 1. The van der Waals surface area contributed by atoms with Crippen molar-refractivity contribution in [3.8, 4) is 0 Å². The number of carbonyl (C=O) groups excluding carboxylic acids is 1. The summed E-state index contributed by atoms with van der Waals surface area (Å²) in [6.07, 6.45) is 6.12. The van der Waals surface area contributed by atoms with Crippen LogP contribution < -0.4 is 5.32 Å². The predicted molar refractivity (Wildman–Crippen MR) is 71.2 cm³/mol. The number of amides is 1. The predicted octanol–water partition coefficient (Wildman–Crippen LogP) is 2.34. The molecule has 0 aliphatic heterocycles. The largest absolute Gasteiger partial charge is 0.384 e. The van der Waals surface area contributed by atoms with Crippen LogP contribution in [0.3, 0.4) is 0 Å². The van der Waals surface area contributed by atoms with Gasteiger partial charge in [0.05, 0.1) is 6.61 Å². The van der Waals surface area contributed by atoms with Gasteiger partial charge in [-0.3, -0.25) is 4.79 Å². The van der Waals surface area contributed by atoms with E-state index in [4.69, 9.17) is 4.74 Å². The number of nitrogens with one attached hydrogen (secondary N) is 1. The fourth-order valence-corrected chi connectivity index (χ4v) is 3.61. The maximum absolute atomic E-state index is 12.0. The quantitative estimate of drug-likeness (QED) is 0.765. The van der Waals surface area contributed by atoms with Crippen LogP contribution in [0.2, 0.25) is 0 Å². The van der Waals surface area contributed by atoms with Crippen molar-refractivity contribution in [1.29, 1.82) is 0 Å². The lowest BCUT2D eigenvalue weighted by atomic mass is 10.0. The molecule has 17 heavy (non-hydrogen) atoms. The van der Waals surface area contributed by atoms with Gasteiger partial charge in [-0.1, -0.05) is 28.8 Å². The normalized spacial score (nSPS) is 32.7. The van der Waals surface area contributed by atoms with Crippen LogP contribution >= 0.6 is 15.9 Å². The highest BCUT2D eigenvalue weighted by Crippen LogP contribution is 2.55. The summed E-state index contributed by atoms with van der Waals surface area (Å²) in [6, 6.07) is 0. The molecule has 2 rings (SSSR count). The van der Waals surface area contributed by atoms with Gasteiger partial charge in [-0.15, -0.1) is 0 Å². The van der Waals surface area contributed by atoms with Gasteiger partial charge in [-0.25, -0.2) is 0 Å². The summed E-state index contributed by atoms with van der Waals surface area (Å²) in [6.45, 7) is 1.46. The Kier molecular flexibility index (Phi) is 4.86. The summed E-state index contributed by atoms with van der Waals surface area (Å²) in [7, 11) is 1.70. The molecule has 2 aliphatic carbocycles. The van der Waals surface area contributed by atoms with Crippen LogP contribution in [-0.4, -0.2) is 31.0 Å². The number of halogens is 1. The Morgan fingerprint density at radius 1 is 1.41 bits per heavy atom. The third-order valence-electron chi connectivity index (χ3n) is 4.06. The second-order valence-corrected chi connectivity index (χ2v) is 6.57. The number of fused-ring (bicyclic) bond motifs is 1. The number of hydrogen-bond acceptors (Lipinski definition) is 2. The second-order valence-electron chi connectivity index (χ2n) is 5.27. The topological polar surface area (TPSA) is 38.3 Å². The van der Waals surface area contributed by atoms with E-state index < -0.39 is 0 Å². The fraction of sp³-hybridized carbons (Fsp3) is 0.923. The third-order valence-corrected chi connectivity index (χ3v) is 4.79. The van der Waals surface area contributed by atoms with Crippen molar-refractivity contribution in [3.05, 3.63) is 0 Å².